The average Bonchev–Trinajstić information content (AvgIpc) is 3.29. The van der Waals surface area contributed by atoms with Crippen molar-refractivity contribution in [2.45, 2.75) is 32.5 Å². The quantitative estimate of drug-likeness (QED) is 0.425. The maximum atomic E-state index is 13.2. The van der Waals surface area contributed by atoms with Crippen LogP contribution in [0.4, 0.5) is 0 Å². The lowest BCUT2D eigenvalue weighted by Gasteiger charge is -2.13. The number of thiophene rings is 1. The van der Waals surface area contributed by atoms with Crippen molar-refractivity contribution in [2.24, 2.45) is 0 Å². The summed E-state index contributed by atoms with van der Waals surface area (Å²) in [5, 5.41) is 5.23. The van der Waals surface area contributed by atoms with E-state index in [0.29, 0.717) is 28.2 Å². The molecule has 8 heteroatoms. The van der Waals surface area contributed by atoms with Crippen molar-refractivity contribution >= 4 is 39.1 Å². The van der Waals surface area contributed by atoms with Gasteiger partial charge in [-0.2, -0.15) is 0 Å². The standard InChI is InChI=1S/C24H22ClN3O3S/c25-19-10-5-4-9-18(19)16-28-20-12-14-32-22(20)23(30)27(24(28)31)13-6-11-21(29)26-15-17-7-2-1-3-8-17/h1-5,7-10,12,14H,6,11,13,15-16H2,(H,26,29). The zero-order valence-electron chi connectivity index (χ0n) is 17.3. The van der Waals surface area contributed by atoms with Crippen LogP contribution in [0.15, 0.2) is 75.6 Å². The number of carbonyl (C=O) groups is 1. The molecule has 0 aliphatic carbocycles. The van der Waals surface area contributed by atoms with E-state index in [1.54, 1.807) is 22.1 Å². The van der Waals surface area contributed by atoms with Gasteiger partial charge in [-0.1, -0.05) is 60.1 Å². The van der Waals surface area contributed by atoms with Crippen LogP contribution in [0.3, 0.4) is 0 Å². The van der Waals surface area contributed by atoms with Crippen molar-refractivity contribution in [1.29, 1.82) is 0 Å². The minimum atomic E-state index is -0.398. The van der Waals surface area contributed by atoms with Gasteiger partial charge >= 0.3 is 5.69 Å². The van der Waals surface area contributed by atoms with E-state index in [-0.39, 0.29) is 31.0 Å². The van der Waals surface area contributed by atoms with Gasteiger partial charge in [0.15, 0.2) is 0 Å². The first kappa shape index (κ1) is 22.0. The van der Waals surface area contributed by atoms with Gasteiger partial charge in [0.25, 0.3) is 5.56 Å². The third kappa shape index (κ3) is 4.84. The first-order valence-corrected chi connectivity index (χ1v) is 11.5. The Morgan fingerprint density at radius 3 is 2.50 bits per heavy atom. The molecule has 4 aromatic rings. The summed E-state index contributed by atoms with van der Waals surface area (Å²) in [5.41, 5.74) is 1.70. The summed E-state index contributed by atoms with van der Waals surface area (Å²) in [6.07, 6.45) is 0.616. The second kappa shape index (κ2) is 9.97. The van der Waals surface area contributed by atoms with Gasteiger partial charge in [-0.25, -0.2) is 4.79 Å². The highest BCUT2D eigenvalue weighted by Gasteiger charge is 2.15. The average molecular weight is 468 g/mol. The molecule has 32 heavy (non-hydrogen) atoms. The number of halogens is 1. The highest BCUT2D eigenvalue weighted by atomic mass is 35.5. The number of hydrogen-bond donors (Lipinski definition) is 1. The summed E-state index contributed by atoms with van der Waals surface area (Å²) in [5.74, 6) is -0.115. The molecular formula is C24H22ClN3O3S. The Balaban J connectivity index is 1.50. The van der Waals surface area contributed by atoms with E-state index in [1.807, 2.05) is 48.5 Å². The minimum Gasteiger partial charge on any atom is -0.352 e. The Labute approximate surface area is 193 Å². The van der Waals surface area contributed by atoms with Crippen LogP contribution in [0.2, 0.25) is 5.02 Å². The molecule has 4 rings (SSSR count). The van der Waals surface area contributed by atoms with Crippen LogP contribution in [0.25, 0.3) is 10.2 Å². The minimum absolute atomic E-state index is 0.115. The number of carbonyl (C=O) groups excluding carboxylic acids is 1. The van der Waals surface area contributed by atoms with Gasteiger partial charge in [0.1, 0.15) is 4.70 Å². The molecule has 0 unspecified atom stereocenters. The van der Waals surface area contributed by atoms with Crippen LogP contribution in [-0.4, -0.2) is 15.0 Å². The van der Waals surface area contributed by atoms with Gasteiger partial charge in [0, 0.05) is 24.5 Å². The monoisotopic (exact) mass is 467 g/mol. The van der Waals surface area contributed by atoms with Crippen molar-refractivity contribution in [3.05, 3.63) is 103 Å². The third-order valence-electron chi connectivity index (χ3n) is 5.24. The van der Waals surface area contributed by atoms with Gasteiger partial charge in [0.2, 0.25) is 5.91 Å². The molecule has 0 atom stereocenters. The molecule has 0 saturated carbocycles. The molecule has 0 fully saturated rings. The summed E-state index contributed by atoms with van der Waals surface area (Å²) in [6, 6.07) is 18.8. The molecule has 2 heterocycles. The summed E-state index contributed by atoms with van der Waals surface area (Å²) in [6.45, 7) is 0.891. The van der Waals surface area contributed by atoms with E-state index in [9.17, 15) is 14.4 Å². The topological polar surface area (TPSA) is 73.1 Å². The molecule has 0 aliphatic heterocycles. The number of benzene rings is 2. The predicted octanol–water partition coefficient (Wildman–Crippen LogP) is 4.02. The van der Waals surface area contributed by atoms with Crippen LogP contribution < -0.4 is 16.6 Å². The summed E-state index contributed by atoms with van der Waals surface area (Å²) in [4.78, 5) is 38.3. The van der Waals surface area contributed by atoms with Gasteiger partial charge in [-0.15, -0.1) is 11.3 Å². The molecule has 0 spiro atoms. The van der Waals surface area contributed by atoms with Gasteiger partial charge in [0.05, 0.1) is 12.1 Å². The summed E-state index contributed by atoms with van der Waals surface area (Å²) in [7, 11) is 0. The van der Waals surface area contributed by atoms with Gasteiger partial charge in [-0.3, -0.25) is 18.7 Å². The number of nitrogens with zero attached hydrogens (tertiary/aromatic N) is 2. The number of aromatic nitrogens is 2. The smallest absolute Gasteiger partial charge is 0.331 e. The van der Waals surface area contributed by atoms with Crippen LogP contribution in [-0.2, 0) is 24.4 Å². The largest absolute Gasteiger partial charge is 0.352 e. The fraction of sp³-hybridized carbons (Fsp3) is 0.208. The van der Waals surface area contributed by atoms with Gasteiger partial charge < -0.3 is 5.32 Å². The Morgan fingerprint density at radius 1 is 0.969 bits per heavy atom. The fourth-order valence-corrected chi connectivity index (χ4v) is 4.60. The molecule has 0 radical (unpaired) electrons. The lowest BCUT2D eigenvalue weighted by molar-refractivity contribution is -0.121. The molecule has 0 saturated heterocycles. The highest BCUT2D eigenvalue weighted by Crippen LogP contribution is 2.20. The maximum absolute atomic E-state index is 13.2. The predicted molar refractivity (Wildman–Crippen MR) is 128 cm³/mol. The highest BCUT2D eigenvalue weighted by molar-refractivity contribution is 7.17. The van der Waals surface area contributed by atoms with E-state index in [1.165, 1.54) is 15.9 Å². The molecule has 6 nitrogen and oxygen atoms in total. The van der Waals surface area contributed by atoms with Crippen molar-refractivity contribution in [2.75, 3.05) is 0 Å². The molecule has 2 aromatic heterocycles. The second-order valence-electron chi connectivity index (χ2n) is 7.42. The van der Waals surface area contributed by atoms with Gasteiger partial charge in [-0.05, 0) is 35.1 Å². The number of nitrogens with one attached hydrogen (secondary N) is 1. The van der Waals surface area contributed by atoms with Crippen molar-refractivity contribution in [3.8, 4) is 0 Å². The zero-order chi connectivity index (χ0) is 22.5. The molecule has 0 bridgehead atoms. The van der Waals surface area contributed by atoms with Crippen molar-refractivity contribution in [3.63, 3.8) is 0 Å². The maximum Gasteiger partial charge on any atom is 0.331 e. The van der Waals surface area contributed by atoms with Crippen LogP contribution in [0.5, 0.6) is 0 Å². The van der Waals surface area contributed by atoms with E-state index in [0.717, 1.165) is 11.1 Å². The molecular weight excluding hydrogens is 446 g/mol. The van der Waals surface area contributed by atoms with Crippen molar-refractivity contribution in [1.82, 2.24) is 14.5 Å². The lowest BCUT2D eigenvalue weighted by Crippen LogP contribution is -2.40. The lowest BCUT2D eigenvalue weighted by atomic mass is 10.2. The second-order valence-corrected chi connectivity index (χ2v) is 8.74. The molecule has 0 aliphatic rings. The number of hydrogen-bond acceptors (Lipinski definition) is 4. The first-order chi connectivity index (χ1) is 15.5. The van der Waals surface area contributed by atoms with Crippen LogP contribution in [0.1, 0.15) is 24.0 Å². The fourth-order valence-electron chi connectivity index (χ4n) is 3.56. The molecule has 2 aromatic carbocycles. The summed E-state index contributed by atoms with van der Waals surface area (Å²) < 4.78 is 3.31. The number of amides is 1. The van der Waals surface area contributed by atoms with E-state index < -0.39 is 5.69 Å². The number of fused-ring (bicyclic) bond motifs is 1. The first-order valence-electron chi connectivity index (χ1n) is 10.3. The normalized spacial score (nSPS) is 11.0. The molecule has 1 N–H and O–H groups in total. The molecule has 164 valence electrons. The number of rotatable bonds is 8. The van der Waals surface area contributed by atoms with Crippen LogP contribution in [0, 0.1) is 0 Å². The Hall–Kier alpha value is -3.16. The molecule has 1 amide bonds. The Bertz CT molecular complexity index is 1360. The van der Waals surface area contributed by atoms with Crippen LogP contribution >= 0.6 is 22.9 Å². The Morgan fingerprint density at radius 2 is 1.72 bits per heavy atom. The SMILES string of the molecule is O=C(CCCn1c(=O)c2sccc2n(Cc2ccccc2Cl)c1=O)NCc1ccccc1. The Kier molecular flexibility index (Phi) is 6.87. The van der Waals surface area contributed by atoms with E-state index in [4.69, 9.17) is 11.6 Å². The van der Waals surface area contributed by atoms with E-state index in [2.05, 4.69) is 5.32 Å². The van der Waals surface area contributed by atoms with Crippen molar-refractivity contribution < 1.29 is 4.79 Å². The zero-order valence-corrected chi connectivity index (χ0v) is 18.9. The van der Waals surface area contributed by atoms with E-state index >= 15 is 0 Å². The summed E-state index contributed by atoms with van der Waals surface area (Å²) >= 11 is 7.60. The third-order valence-corrected chi connectivity index (χ3v) is 6.50.